The summed E-state index contributed by atoms with van der Waals surface area (Å²) in [4.78, 5) is 19.6. The van der Waals surface area contributed by atoms with Crippen molar-refractivity contribution in [3.8, 4) is 5.88 Å². The third-order valence-corrected chi connectivity index (χ3v) is 3.31. The summed E-state index contributed by atoms with van der Waals surface area (Å²) in [7, 11) is 1.52. The van der Waals surface area contributed by atoms with Crippen LogP contribution in [0.25, 0.3) is 0 Å². The van der Waals surface area contributed by atoms with Crippen molar-refractivity contribution in [2.24, 2.45) is 5.92 Å². The molecule has 18 heavy (non-hydrogen) atoms. The van der Waals surface area contributed by atoms with Crippen LogP contribution in [0.1, 0.15) is 26.2 Å². The van der Waals surface area contributed by atoms with Crippen LogP contribution in [-0.4, -0.2) is 29.2 Å². The number of rotatable bonds is 4. The number of hydrogen-bond acceptors (Lipinski definition) is 4. The van der Waals surface area contributed by atoms with Gasteiger partial charge in [0.1, 0.15) is 12.1 Å². The highest BCUT2D eigenvalue weighted by molar-refractivity contribution is 5.88. The zero-order valence-electron chi connectivity index (χ0n) is 10.6. The molecule has 0 aromatic carbocycles. The van der Waals surface area contributed by atoms with E-state index in [1.807, 2.05) is 6.92 Å². The number of nitrogens with one attached hydrogen (secondary N) is 2. The van der Waals surface area contributed by atoms with Crippen LogP contribution in [0.2, 0.25) is 0 Å². The van der Waals surface area contributed by atoms with E-state index in [1.165, 1.54) is 32.7 Å². The maximum absolute atomic E-state index is 11.7. The summed E-state index contributed by atoms with van der Waals surface area (Å²) < 4.78 is 4.96. The second-order valence-corrected chi connectivity index (χ2v) is 4.52. The lowest BCUT2D eigenvalue weighted by Crippen LogP contribution is -2.42. The lowest BCUT2D eigenvalue weighted by Gasteiger charge is -2.31. The van der Waals surface area contributed by atoms with Gasteiger partial charge in [-0.05, 0) is 25.7 Å². The Balaban J connectivity index is 1.85. The first kappa shape index (κ1) is 12.6. The van der Waals surface area contributed by atoms with Crippen LogP contribution >= 0.6 is 0 Å². The molecule has 1 aliphatic rings. The van der Waals surface area contributed by atoms with E-state index in [1.54, 1.807) is 6.07 Å². The monoisotopic (exact) mass is 250 g/mol. The highest BCUT2D eigenvalue weighted by Gasteiger charge is 2.24. The van der Waals surface area contributed by atoms with Gasteiger partial charge in [0, 0.05) is 12.1 Å². The predicted octanol–water partition coefficient (Wildman–Crippen LogP) is 1.80. The Hall–Kier alpha value is -1.85. The van der Waals surface area contributed by atoms with Crippen molar-refractivity contribution in [2.45, 2.75) is 32.2 Å². The van der Waals surface area contributed by atoms with Gasteiger partial charge in [-0.3, -0.25) is 5.32 Å². The Morgan fingerprint density at radius 1 is 1.50 bits per heavy atom. The second kappa shape index (κ2) is 5.66. The van der Waals surface area contributed by atoms with Crippen LogP contribution in [0.5, 0.6) is 5.88 Å². The van der Waals surface area contributed by atoms with Gasteiger partial charge in [-0.15, -0.1) is 0 Å². The van der Waals surface area contributed by atoms with Crippen molar-refractivity contribution in [3.63, 3.8) is 0 Å². The van der Waals surface area contributed by atoms with E-state index in [9.17, 15) is 4.79 Å². The van der Waals surface area contributed by atoms with Crippen molar-refractivity contribution in [1.82, 2.24) is 15.3 Å². The van der Waals surface area contributed by atoms with Gasteiger partial charge in [0.15, 0.2) is 0 Å². The smallest absolute Gasteiger partial charge is 0.320 e. The number of nitrogens with zero attached hydrogens (tertiary/aromatic N) is 2. The molecule has 6 nitrogen and oxygen atoms in total. The molecule has 98 valence electrons. The maximum Gasteiger partial charge on any atom is 0.320 e. The topological polar surface area (TPSA) is 76.1 Å². The number of urea groups is 1. The molecule has 0 saturated heterocycles. The molecule has 1 heterocycles. The van der Waals surface area contributed by atoms with Crippen molar-refractivity contribution < 1.29 is 9.53 Å². The molecule has 0 unspecified atom stereocenters. The molecule has 1 aliphatic carbocycles. The minimum absolute atomic E-state index is 0.197. The number of methoxy groups -OCH3 is 1. The van der Waals surface area contributed by atoms with Crippen molar-refractivity contribution in [1.29, 1.82) is 0 Å². The fraction of sp³-hybridized carbons (Fsp3) is 0.583. The quantitative estimate of drug-likeness (QED) is 0.854. The van der Waals surface area contributed by atoms with Crippen LogP contribution in [0, 0.1) is 5.92 Å². The van der Waals surface area contributed by atoms with Crippen molar-refractivity contribution >= 4 is 11.8 Å². The average molecular weight is 250 g/mol. The number of anilines is 1. The summed E-state index contributed by atoms with van der Waals surface area (Å²) >= 11 is 0. The standard InChI is InChI=1S/C12H18N4O2/c1-8(9-4-3-5-9)15-12(17)16-10-6-11(18-2)14-7-13-10/h6-9H,3-5H2,1-2H3,(H2,13,14,15,16,17)/t8-/m1/s1. The lowest BCUT2D eigenvalue weighted by molar-refractivity contribution is 0.222. The zero-order valence-corrected chi connectivity index (χ0v) is 10.6. The number of carbonyl (C=O) groups excluding carboxylic acids is 1. The van der Waals surface area contributed by atoms with E-state index in [4.69, 9.17) is 4.74 Å². The molecule has 2 N–H and O–H groups in total. The SMILES string of the molecule is COc1cc(NC(=O)N[C@H](C)C2CCC2)ncn1. The third kappa shape index (κ3) is 3.09. The highest BCUT2D eigenvalue weighted by atomic mass is 16.5. The molecule has 2 amide bonds. The Morgan fingerprint density at radius 3 is 2.89 bits per heavy atom. The van der Waals surface area contributed by atoms with Gasteiger partial charge < -0.3 is 10.1 Å². The normalized spacial score (nSPS) is 16.6. The molecule has 1 atom stereocenters. The molecule has 1 aromatic rings. The Kier molecular flexibility index (Phi) is 3.96. The van der Waals surface area contributed by atoms with Crippen LogP contribution in [0.15, 0.2) is 12.4 Å². The molecule has 1 saturated carbocycles. The number of amides is 2. The van der Waals surface area contributed by atoms with Crippen LogP contribution < -0.4 is 15.4 Å². The summed E-state index contributed by atoms with van der Waals surface area (Å²) in [5.74, 6) is 1.46. The molecule has 0 bridgehead atoms. The number of carbonyl (C=O) groups is 1. The largest absolute Gasteiger partial charge is 0.481 e. The van der Waals surface area contributed by atoms with E-state index < -0.39 is 0 Å². The first-order valence-corrected chi connectivity index (χ1v) is 6.12. The molecular formula is C12H18N4O2. The highest BCUT2D eigenvalue weighted by Crippen LogP contribution is 2.29. The molecule has 0 radical (unpaired) electrons. The first-order chi connectivity index (χ1) is 8.69. The van der Waals surface area contributed by atoms with Crippen molar-refractivity contribution in [2.75, 3.05) is 12.4 Å². The molecular weight excluding hydrogens is 232 g/mol. The summed E-state index contributed by atoms with van der Waals surface area (Å²) in [5.41, 5.74) is 0. The van der Waals surface area contributed by atoms with E-state index >= 15 is 0 Å². The molecule has 2 rings (SSSR count). The van der Waals surface area contributed by atoms with Gasteiger partial charge in [-0.2, -0.15) is 0 Å². The van der Waals surface area contributed by atoms with Gasteiger partial charge >= 0.3 is 6.03 Å². The van der Waals surface area contributed by atoms with E-state index in [0.717, 1.165) is 0 Å². The minimum Gasteiger partial charge on any atom is -0.481 e. The van der Waals surface area contributed by atoms with E-state index in [2.05, 4.69) is 20.6 Å². The fourth-order valence-electron chi connectivity index (χ4n) is 1.94. The number of hydrogen-bond donors (Lipinski definition) is 2. The summed E-state index contributed by atoms with van der Waals surface area (Å²) in [6, 6.07) is 1.53. The van der Waals surface area contributed by atoms with Crippen LogP contribution in [0.4, 0.5) is 10.6 Å². The summed E-state index contributed by atoms with van der Waals surface area (Å²) in [6.45, 7) is 2.03. The Bertz CT molecular complexity index is 420. The van der Waals surface area contributed by atoms with E-state index in [0.29, 0.717) is 17.6 Å². The summed E-state index contributed by atoms with van der Waals surface area (Å²) in [5, 5.41) is 5.59. The average Bonchev–Trinajstić information content (AvgIpc) is 2.26. The van der Waals surface area contributed by atoms with Gasteiger partial charge in [0.05, 0.1) is 7.11 Å². The van der Waals surface area contributed by atoms with Gasteiger partial charge in [-0.1, -0.05) is 6.42 Å². The van der Waals surface area contributed by atoms with Crippen LogP contribution in [0.3, 0.4) is 0 Å². The van der Waals surface area contributed by atoms with E-state index in [-0.39, 0.29) is 12.1 Å². The van der Waals surface area contributed by atoms with Gasteiger partial charge in [0.2, 0.25) is 5.88 Å². The summed E-state index contributed by atoms with van der Waals surface area (Å²) in [6.07, 6.45) is 5.01. The predicted molar refractivity (Wildman–Crippen MR) is 67.5 cm³/mol. The maximum atomic E-state index is 11.7. The molecule has 0 aliphatic heterocycles. The van der Waals surface area contributed by atoms with Gasteiger partial charge in [0.25, 0.3) is 0 Å². The second-order valence-electron chi connectivity index (χ2n) is 4.52. The minimum atomic E-state index is -0.241. The molecule has 1 fully saturated rings. The number of aromatic nitrogens is 2. The Morgan fingerprint density at radius 2 is 2.28 bits per heavy atom. The molecule has 0 spiro atoms. The van der Waals surface area contributed by atoms with Crippen molar-refractivity contribution in [3.05, 3.63) is 12.4 Å². The zero-order chi connectivity index (χ0) is 13.0. The van der Waals surface area contributed by atoms with Gasteiger partial charge in [-0.25, -0.2) is 14.8 Å². The lowest BCUT2D eigenvalue weighted by atomic mass is 9.80. The molecule has 6 heteroatoms. The Labute approximate surface area is 106 Å². The number of ether oxygens (including phenoxy) is 1. The first-order valence-electron chi connectivity index (χ1n) is 6.12. The molecule has 1 aromatic heterocycles. The van der Waals surface area contributed by atoms with Crippen LogP contribution in [-0.2, 0) is 0 Å². The fourth-order valence-corrected chi connectivity index (χ4v) is 1.94. The third-order valence-electron chi connectivity index (χ3n) is 3.31.